The van der Waals surface area contributed by atoms with Gasteiger partial charge in [0.15, 0.2) is 5.16 Å². The summed E-state index contributed by atoms with van der Waals surface area (Å²) in [6.07, 6.45) is 0. The zero-order chi connectivity index (χ0) is 18.1. The van der Waals surface area contributed by atoms with Crippen LogP contribution in [0.25, 0.3) is 10.2 Å². The molecule has 0 saturated heterocycles. The first-order valence-electron chi connectivity index (χ1n) is 7.89. The molecule has 25 heavy (non-hydrogen) atoms. The molecule has 1 atom stereocenters. The number of amides is 1. The number of rotatable bonds is 4. The Kier molecular flexibility index (Phi) is 4.96. The molecule has 3 rings (SSSR count). The lowest BCUT2D eigenvalue weighted by Gasteiger charge is -2.14. The number of thiophene rings is 1. The first kappa shape index (κ1) is 17.7. The standard InChI is InChI=1S/C18H19N3O2S2/c1-9-6-5-7-14(11(9)3)19-15(22)12(4)25-18-20-16(23)13-8-10(2)24-17(13)21-18/h5-8,12H,1-4H3,(H,19,22)(H,20,21,23). The van der Waals surface area contributed by atoms with Crippen LogP contribution in [0.15, 0.2) is 34.2 Å². The molecule has 0 radical (unpaired) electrons. The number of fused-ring (bicyclic) bond motifs is 1. The highest BCUT2D eigenvalue weighted by molar-refractivity contribution is 8.00. The van der Waals surface area contributed by atoms with Gasteiger partial charge in [0, 0.05) is 10.6 Å². The summed E-state index contributed by atoms with van der Waals surface area (Å²) in [6, 6.07) is 7.65. The lowest BCUT2D eigenvalue weighted by molar-refractivity contribution is -0.115. The maximum Gasteiger partial charge on any atom is 0.260 e. The molecule has 130 valence electrons. The van der Waals surface area contributed by atoms with Crippen LogP contribution in [0.1, 0.15) is 22.9 Å². The highest BCUT2D eigenvalue weighted by Crippen LogP contribution is 2.26. The van der Waals surface area contributed by atoms with E-state index >= 15 is 0 Å². The van der Waals surface area contributed by atoms with E-state index in [4.69, 9.17) is 0 Å². The molecule has 7 heteroatoms. The second-order valence-electron chi connectivity index (χ2n) is 5.94. The van der Waals surface area contributed by atoms with E-state index in [2.05, 4.69) is 15.3 Å². The fourth-order valence-electron chi connectivity index (χ4n) is 2.43. The van der Waals surface area contributed by atoms with Crippen LogP contribution in [-0.2, 0) is 4.79 Å². The van der Waals surface area contributed by atoms with Crippen LogP contribution in [0, 0.1) is 20.8 Å². The molecule has 5 nitrogen and oxygen atoms in total. The third kappa shape index (κ3) is 3.77. The SMILES string of the molecule is Cc1cc2c(=O)[nH]c(SC(C)C(=O)Nc3cccc(C)c3C)nc2s1. The van der Waals surface area contributed by atoms with Gasteiger partial charge >= 0.3 is 0 Å². The Balaban J connectivity index is 1.77. The molecule has 2 N–H and O–H groups in total. The van der Waals surface area contributed by atoms with Gasteiger partial charge in [-0.05, 0) is 51.0 Å². The zero-order valence-electron chi connectivity index (χ0n) is 14.5. The van der Waals surface area contributed by atoms with E-state index in [9.17, 15) is 9.59 Å². The number of anilines is 1. The van der Waals surface area contributed by atoms with Gasteiger partial charge in [-0.1, -0.05) is 23.9 Å². The molecule has 1 amide bonds. The van der Waals surface area contributed by atoms with Crippen LogP contribution < -0.4 is 10.9 Å². The fourth-order valence-corrected chi connectivity index (χ4v) is 4.16. The maximum atomic E-state index is 12.5. The predicted molar refractivity (Wildman–Crippen MR) is 105 cm³/mol. The number of thioether (sulfide) groups is 1. The van der Waals surface area contributed by atoms with Crippen molar-refractivity contribution in [2.24, 2.45) is 0 Å². The molecule has 0 bridgehead atoms. The van der Waals surface area contributed by atoms with Gasteiger partial charge in [-0.3, -0.25) is 9.59 Å². The molecule has 0 aliphatic carbocycles. The Morgan fingerprint density at radius 2 is 2.08 bits per heavy atom. The molecule has 0 saturated carbocycles. The first-order chi connectivity index (χ1) is 11.8. The van der Waals surface area contributed by atoms with Gasteiger partial charge in [0.25, 0.3) is 5.56 Å². The van der Waals surface area contributed by atoms with Crippen molar-refractivity contribution in [1.29, 1.82) is 0 Å². The number of hydrogen-bond acceptors (Lipinski definition) is 5. The lowest BCUT2D eigenvalue weighted by atomic mass is 10.1. The van der Waals surface area contributed by atoms with Crippen molar-refractivity contribution in [1.82, 2.24) is 9.97 Å². The lowest BCUT2D eigenvalue weighted by Crippen LogP contribution is -2.23. The smallest absolute Gasteiger partial charge is 0.260 e. The summed E-state index contributed by atoms with van der Waals surface area (Å²) >= 11 is 2.72. The van der Waals surface area contributed by atoms with Crippen molar-refractivity contribution in [2.45, 2.75) is 38.1 Å². The molecule has 0 aliphatic rings. The second kappa shape index (κ2) is 7.01. The molecule has 1 unspecified atom stereocenters. The average molecular weight is 374 g/mol. The Labute approximate surface area is 153 Å². The Morgan fingerprint density at radius 3 is 2.84 bits per heavy atom. The van der Waals surface area contributed by atoms with E-state index in [1.54, 1.807) is 6.92 Å². The van der Waals surface area contributed by atoms with Crippen LogP contribution in [-0.4, -0.2) is 21.1 Å². The number of H-pyrrole nitrogens is 1. The van der Waals surface area contributed by atoms with Crippen LogP contribution in [0.4, 0.5) is 5.69 Å². The minimum atomic E-state index is -0.387. The van der Waals surface area contributed by atoms with Crippen molar-refractivity contribution in [2.75, 3.05) is 5.32 Å². The van der Waals surface area contributed by atoms with Crippen LogP contribution >= 0.6 is 23.1 Å². The quantitative estimate of drug-likeness (QED) is 0.535. The molecule has 1 aromatic carbocycles. The minimum Gasteiger partial charge on any atom is -0.325 e. The van der Waals surface area contributed by atoms with Crippen molar-refractivity contribution in [3.05, 3.63) is 50.6 Å². The van der Waals surface area contributed by atoms with E-state index < -0.39 is 0 Å². The Bertz CT molecular complexity index is 1010. The number of benzene rings is 1. The monoisotopic (exact) mass is 373 g/mol. The van der Waals surface area contributed by atoms with Gasteiger partial charge < -0.3 is 10.3 Å². The van der Waals surface area contributed by atoms with Gasteiger partial charge in [0.1, 0.15) is 4.83 Å². The number of aryl methyl sites for hydroxylation is 2. The van der Waals surface area contributed by atoms with E-state index in [1.807, 2.05) is 45.0 Å². The molecule has 0 spiro atoms. The highest BCUT2D eigenvalue weighted by Gasteiger charge is 2.18. The molecular formula is C18H19N3O2S2. The number of hydrogen-bond donors (Lipinski definition) is 2. The summed E-state index contributed by atoms with van der Waals surface area (Å²) in [5.41, 5.74) is 2.82. The Morgan fingerprint density at radius 1 is 1.32 bits per heavy atom. The number of nitrogens with zero attached hydrogens (tertiary/aromatic N) is 1. The predicted octanol–water partition coefficient (Wildman–Crippen LogP) is 4.03. The maximum absolute atomic E-state index is 12.5. The third-order valence-corrected chi connectivity index (χ3v) is 5.95. The normalized spacial score (nSPS) is 12.3. The van der Waals surface area contributed by atoms with Gasteiger partial charge in [0.2, 0.25) is 5.91 Å². The number of carbonyl (C=O) groups excluding carboxylic acids is 1. The van der Waals surface area contributed by atoms with Crippen molar-refractivity contribution >= 4 is 44.9 Å². The summed E-state index contributed by atoms with van der Waals surface area (Å²) in [7, 11) is 0. The summed E-state index contributed by atoms with van der Waals surface area (Å²) in [5.74, 6) is -0.121. The largest absolute Gasteiger partial charge is 0.325 e. The molecule has 0 fully saturated rings. The van der Waals surface area contributed by atoms with E-state index in [0.29, 0.717) is 15.4 Å². The van der Waals surface area contributed by atoms with Gasteiger partial charge in [-0.25, -0.2) is 4.98 Å². The molecular weight excluding hydrogens is 354 g/mol. The van der Waals surface area contributed by atoms with Crippen molar-refractivity contribution < 1.29 is 4.79 Å². The van der Waals surface area contributed by atoms with Gasteiger partial charge in [-0.2, -0.15) is 0 Å². The number of carbonyl (C=O) groups is 1. The minimum absolute atomic E-state index is 0.121. The van der Waals surface area contributed by atoms with Crippen LogP contribution in [0.3, 0.4) is 0 Å². The summed E-state index contributed by atoms with van der Waals surface area (Å²) in [6.45, 7) is 7.73. The van der Waals surface area contributed by atoms with E-state index in [0.717, 1.165) is 21.7 Å². The van der Waals surface area contributed by atoms with E-state index in [-0.39, 0.29) is 16.7 Å². The third-order valence-electron chi connectivity index (χ3n) is 4.02. The molecule has 2 aromatic heterocycles. The van der Waals surface area contributed by atoms with Crippen LogP contribution in [0.2, 0.25) is 0 Å². The number of aromatic amines is 1. The summed E-state index contributed by atoms with van der Waals surface area (Å²) in [4.78, 5) is 33.6. The van der Waals surface area contributed by atoms with Gasteiger partial charge in [-0.15, -0.1) is 11.3 Å². The molecule has 3 aromatic rings. The zero-order valence-corrected chi connectivity index (χ0v) is 16.1. The Hall–Kier alpha value is -2.12. The highest BCUT2D eigenvalue weighted by atomic mass is 32.2. The summed E-state index contributed by atoms with van der Waals surface area (Å²) < 4.78 is 0. The average Bonchev–Trinajstić information content (AvgIpc) is 2.92. The van der Waals surface area contributed by atoms with E-state index in [1.165, 1.54) is 23.1 Å². The molecule has 2 heterocycles. The second-order valence-corrected chi connectivity index (χ2v) is 8.51. The van der Waals surface area contributed by atoms with Crippen molar-refractivity contribution in [3.8, 4) is 0 Å². The van der Waals surface area contributed by atoms with Crippen molar-refractivity contribution in [3.63, 3.8) is 0 Å². The fraction of sp³-hybridized carbons (Fsp3) is 0.278. The van der Waals surface area contributed by atoms with Gasteiger partial charge in [0.05, 0.1) is 10.6 Å². The molecule has 0 aliphatic heterocycles. The first-order valence-corrected chi connectivity index (χ1v) is 9.59. The number of aromatic nitrogens is 2. The summed E-state index contributed by atoms with van der Waals surface area (Å²) in [5, 5.41) is 3.62. The topological polar surface area (TPSA) is 74.8 Å². The number of nitrogens with one attached hydrogen (secondary N) is 2. The van der Waals surface area contributed by atoms with Crippen LogP contribution in [0.5, 0.6) is 0 Å².